The first-order chi connectivity index (χ1) is 9.70. The van der Waals surface area contributed by atoms with Crippen LogP contribution < -0.4 is 5.32 Å². The number of H-pyrrole nitrogens is 1. The first-order valence-corrected chi connectivity index (χ1v) is 6.25. The molecule has 2 heterocycles. The molecule has 1 aliphatic heterocycles. The van der Waals surface area contributed by atoms with Crippen molar-refractivity contribution in [3.63, 3.8) is 0 Å². The van der Waals surface area contributed by atoms with Gasteiger partial charge in [0.15, 0.2) is 6.10 Å². The van der Waals surface area contributed by atoms with Crippen molar-refractivity contribution in [3.8, 4) is 0 Å². The van der Waals surface area contributed by atoms with Crippen LogP contribution >= 0.6 is 0 Å². The summed E-state index contributed by atoms with van der Waals surface area (Å²) in [6, 6.07) is -0.793. The highest BCUT2D eigenvalue weighted by molar-refractivity contribution is 5.87. The summed E-state index contributed by atoms with van der Waals surface area (Å²) in [6.45, 7) is 1.02. The van der Waals surface area contributed by atoms with E-state index in [4.69, 9.17) is 9.47 Å². The van der Waals surface area contributed by atoms with Crippen LogP contribution in [0, 0.1) is 0 Å². The van der Waals surface area contributed by atoms with Gasteiger partial charge in [-0.05, 0) is 0 Å². The number of carbonyl (C=O) groups is 2. The van der Waals surface area contributed by atoms with Crippen molar-refractivity contribution in [2.45, 2.75) is 18.6 Å². The molecule has 0 bridgehead atoms. The Bertz CT molecular complexity index is 442. The number of hydrogen-bond donors (Lipinski definition) is 2. The molecule has 1 unspecified atom stereocenters. The number of aromatic amines is 1. The fourth-order valence-corrected chi connectivity index (χ4v) is 1.86. The molecule has 2 N–H and O–H groups in total. The highest BCUT2D eigenvalue weighted by atomic mass is 16.6. The molecular formula is C12H17N3O5. The quantitative estimate of drug-likeness (QED) is 0.674. The largest absolute Gasteiger partial charge is 0.467 e. The molecule has 1 aromatic heterocycles. The lowest BCUT2D eigenvalue weighted by molar-refractivity contribution is -0.153. The predicted molar refractivity (Wildman–Crippen MR) is 66.8 cm³/mol. The molecular weight excluding hydrogens is 266 g/mol. The third kappa shape index (κ3) is 3.78. The summed E-state index contributed by atoms with van der Waals surface area (Å²) < 4.78 is 15.1. The van der Waals surface area contributed by atoms with E-state index in [-0.39, 0.29) is 18.9 Å². The van der Waals surface area contributed by atoms with Crippen LogP contribution in [-0.4, -0.2) is 60.9 Å². The van der Waals surface area contributed by atoms with Gasteiger partial charge in [-0.25, -0.2) is 9.78 Å². The Morgan fingerprint density at radius 2 is 2.45 bits per heavy atom. The Hall–Kier alpha value is -1.93. The third-order valence-electron chi connectivity index (χ3n) is 2.89. The van der Waals surface area contributed by atoms with Crippen LogP contribution in [0.3, 0.4) is 0 Å². The van der Waals surface area contributed by atoms with E-state index in [0.717, 1.165) is 5.69 Å². The van der Waals surface area contributed by atoms with Crippen molar-refractivity contribution in [3.05, 3.63) is 18.2 Å². The summed E-state index contributed by atoms with van der Waals surface area (Å²) in [5.74, 6) is -0.913. The maximum Gasteiger partial charge on any atom is 0.328 e. The van der Waals surface area contributed by atoms with Gasteiger partial charge >= 0.3 is 5.97 Å². The van der Waals surface area contributed by atoms with E-state index in [1.165, 1.54) is 13.4 Å². The van der Waals surface area contributed by atoms with E-state index in [1.54, 1.807) is 6.20 Å². The molecule has 1 fully saturated rings. The first-order valence-electron chi connectivity index (χ1n) is 6.25. The van der Waals surface area contributed by atoms with Crippen LogP contribution in [0.1, 0.15) is 5.69 Å². The minimum atomic E-state index is -0.793. The lowest BCUT2D eigenvalue weighted by atomic mass is 10.1. The average molecular weight is 283 g/mol. The second kappa shape index (κ2) is 7.01. The Kier molecular flexibility index (Phi) is 5.08. The Morgan fingerprint density at radius 1 is 1.60 bits per heavy atom. The SMILES string of the molecule is COC(=O)[C@H](Cc1cnc[nH]1)NC(=O)C1COCCO1. The molecule has 8 heteroatoms. The van der Waals surface area contributed by atoms with Gasteiger partial charge in [0.05, 0.1) is 33.3 Å². The number of nitrogens with one attached hydrogen (secondary N) is 2. The standard InChI is InChI=1S/C12H17N3O5/c1-18-12(17)9(4-8-5-13-7-14-8)15-11(16)10-6-19-2-3-20-10/h5,7,9-10H,2-4,6H2,1H3,(H,13,14)(H,15,16)/t9-,10?/m0/s1. The zero-order valence-electron chi connectivity index (χ0n) is 11.1. The van der Waals surface area contributed by atoms with E-state index in [2.05, 4.69) is 20.0 Å². The minimum absolute atomic E-state index is 0.184. The molecule has 110 valence electrons. The molecule has 8 nitrogen and oxygen atoms in total. The van der Waals surface area contributed by atoms with Crippen molar-refractivity contribution >= 4 is 11.9 Å². The van der Waals surface area contributed by atoms with E-state index in [1.807, 2.05) is 0 Å². The molecule has 1 saturated heterocycles. The Labute approximate surface area is 115 Å². The second-order valence-electron chi connectivity index (χ2n) is 4.30. The first kappa shape index (κ1) is 14.5. The number of ether oxygens (including phenoxy) is 3. The van der Waals surface area contributed by atoms with Gasteiger partial charge in [0, 0.05) is 18.3 Å². The van der Waals surface area contributed by atoms with Gasteiger partial charge in [0.2, 0.25) is 0 Å². The summed E-state index contributed by atoms with van der Waals surface area (Å²) in [5, 5.41) is 2.61. The average Bonchev–Trinajstić information content (AvgIpc) is 2.99. The summed E-state index contributed by atoms with van der Waals surface area (Å²) in [7, 11) is 1.27. The van der Waals surface area contributed by atoms with E-state index in [9.17, 15) is 9.59 Å². The maximum absolute atomic E-state index is 12.0. The maximum atomic E-state index is 12.0. The molecule has 0 radical (unpaired) electrons. The number of aromatic nitrogens is 2. The van der Waals surface area contributed by atoms with Crippen molar-refractivity contribution < 1.29 is 23.8 Å². The smallest absolute Gasteiger partial charge is 0.328 e. The number of nitrogens with zero attached hydrogens (tertiary/aromatic N) is 1. The van der Waals surface area contributed by atoms with Gasteiger partial charge in [-0.2, -0.15) is 0 Å². The van der Waals surface area contributed by atoms with Crippen LogP contribution in [0.5, 0.6) is 0 Å². The molecule has 2 rings (SSSR count). The van der Waals surface area contributed by atoms with Crippen LogP contribution in [0.15, 0.2) is 12.5 Å². The molecule has 0 saturated carbocycles. The fraction of sp³-hybridized carbons (Fsp3) is 0.583. The number of carbonyl (C=O) groups excluding carboxylic acids is 2. The van der Waals surface area contributed by atoms with E-state index in [0.29, 0.717) is 13.2 Å². The van der Waals surface area contributed by atoms with Gasteiger partial charge in [0.1, 0.15) is 6.04 Å². The Balaban J connectivity index is 1.96. The Morgan fingerprint density at radius 3 is 3.05 bits per heavy atom. The van der Waals surface area contributed by atoms with Crippen LogP contribution in [0.2, 0.25) is 0 Å². The highest BCUT2D eigenvalue weighted by Crippen LogP contribution is 2.04. The lowest BCUT2D eigenvalue weighted by Crippen LogP contribution is -2.50. The molecule has 1 aromatic rings. The van der Waals surface area contributed by atoms with Gasteiger partial charge in [0.25, 0.3) is 5.91 Å². The van der Waals surface area contributed by atoms with Crippen molar-refractivity contribution in [2.75, 3.05) is 26.9 Å². The zero-order valence-corrected chi connectivity index (χ0v) is 11.1. The van der Waals surface area contributed by atoms with Crippen molar-refractivity contribution in [1.29, 1.82) is 0 Å². The van der Waals surface area contributed by atoms with Gasteiger partial charge in [-0.15, -0.1) is 0 Å². The molecule has 1 amide bonds. The number of amides is 1. The van der Waals surface area contributed by atoms with Crippen LogP contribution in [0.4, 0.5) is 0 Å². The van der Waals surface area contributed by atoms with Crippen molar-refractivity contribution in [1.82, 2.24) is 15.3 Å². The molecule has 1 aliphatic rings. The zero-order chi connectivity index (χ0) is 14.4. The number of rotatable bonds is 5. The summed E-state index contributed by atoms with van der Waals surface area (Å²) in [5.41, 5.74) is 0.724. The number of methoxy groups -OCH3 is 1. The van der Waals surface area contributed by atoms with Crippen LogP contribution in [-0.2, 0) is 30.2 Å². The summed E-state index contributed by atoms with van der Waals surface area (Å²) in [6.07, 6.45) is 2.66. The highest BCUT2D eigenvalue weighted by Gasteiger charge is 2.28. The van der Waals surface area contributed by atoms with Gasteiger partial charge in [-0.3, -0.25) is 4.79 Å². The normalized spacial score (nSPS) is 20.1. The lowest BCUT2D eigenvalue weighted by Gasteiger charge is -2.24. The fourth-order valence-electron chi connectivity index (χ4n) is 1.86. The van der Waals surface area contributed by atoms with E-state index >= 15 is 0 Å². The second-order valence-corrected chi connectivity index (χ2v) is 4.30. The monoisotopic (exact) mass is 283 g/mol. The number of imidazole rings is 1. The van der Waals surface area contributed by atoms with Gasteiger partial charge < -0.3 is 24.5 Å². The number of esters is 1. The molecule has 0 aromatic carbocycles. The third-order valence-corrected chi connectivity index (χ3v) is 2.89. The summed E-state index contributed by atoms with van der Waals surface area (Å²) in [4.78, 5) is 30.5. The van der Waals surface area contributed by atoms with Crippen molar-refractivity contribution in [2.24, 2.45) is 0 Å². The summed E-state index contributed by atoms with van der Waals surface area (Å²) >= 11 is 0. The van der Waals surface area contributed by atoms with E-state index < -0.39 is 18.1 Å². The predicted octanol–water partition coefficient (Wildman–Crippen LogP) is -0.975. The molecule has 0 spiro atoms. The minimum Gasteiger partial charge on any atom is -0.467 e. The van der Waals surface area contributed by atoms with Gasteiger partial charge in [-0.1, -0.05) is 0 Å². The topological polar surface area (TPSA) is 103 Å². The van der Waals surface area contributed by atoms with Crippen LogP contribution in [0.25, 0.3) is 0 Å². The molecule has 2 atom stereocenters. The molecule has 0 aliphatic carbocycles. The number of hydrogen-bond acceptors (Lipinski definition) is 6. The molecule has 20 heavy (non-hydrogen) atoms.